The van der Waals surface area contributed by atoms with Crippen molar-refractivity contribution in [3.8, 4) is 0 Å². The Bertz CT molecular complexity index is 459. The van der Waals surface area contributed by atoms with Crippen LogP contribution in [0.25, 0.3) is 0 Å². The van der Waals surface area contributed by atoms with Gasteiger partial charge in [-0.1, -0.05) is 17.7 Å². The van der Waals surface area contributed by atoms with Gasteiger partial charge in [-0.2, -0.15) is 0 Å². The van der Waals surface area contributed by atoms with E-state index in [9.17, 15) is 9.90 Å². The lowest BCUT2D eigenvalue weighted by Crippen LogP contribution is -2.34. The van der Waals surface area contributed by atoms with Gasteiger partial charge >= 0.3 is 0 Å². The zero-order valence-electron chi connectivity index (χ0n) is 9.78. The molecule has 2 rings (SSSR count). The van der Waals surface area contributed by atoms with Crippen LogP contribution in [0.15, 0.2) is 18.2 Å². The molecule has 0 bridgehead atoms. The number of benzene rings is 1. The maximum Gasteiger partial charge on any atom is 0.266 e. The summed E-state index contributed by atoms with van der Waals surface area (Å²) in [4.78, 5) is 11.5. The number of carbonyl (C=O) groups is 1. The molecule has 1 amide bonds. The zero-order valence-corrected chi connectivity index (χ0v) is 10.5. The highest BCUT2D eigenvalue weighted by molar-refractivity contribution is 6.33. The summed E-state index contributed by atoms with van der Waals surface area (Å²) < 4.78 is 5.22. The Balaban J connectivity index is 2.37. The molecule has 1 aromatic rings. The second-order valence-corrected chi connectivity index (χ2v) is 4.72. The van der Waals surface area contributed by atoms with Gasteiger partial charge in [0, 0.05) is 26.1 Å². The molecule has 1 heterocycles. The summed E-state index contributed by atoms with van der Waals surface area (Å²) in [5, 5.41) is 10.8. The van der Waals surface area contributed by atoms with Gasteiger partial charge in [0.2, 0.25) is 0 Å². The van der Waals surface area contributed by atoms with Crippen molar-refractivity contribution in [1.82, 2.24) is 5.43 Å². The third-order valence-corrected chi connectivity index (χ3v) is 3.53. The fraction of sp³-hybridized carbons (Fsp3) is 0.417. The summed E-state index contributed by atoms with van der Waals surface area (Å²) in [6.45, 7) is 0.995. The van der Waals surface area contributed by atoms with Crippen molar-refractivity contribution in [3.63, 3.8) is 0 Å². The van der Waals surface area contributed by atoms with Gasteiger partial charge in [0.25, 0.3) is 5.91 Å². The molecule has 18 heavy (non-hydrogen) atoms. The fourth-order valence-electron chi connectivity index (χ4n) is 2.06. The highest BCUT2D eigenvalue weighted by Crippen LogP contribution is 2.33. The van der Waals surface area contributed by atoms with Crippen LogP contribution < -0.4 is 11.3 Å². The molecule has 5 nitrogen and oxygen atoms in total. The predicted octanol–water partition coefficient (Wildman–Crippen LogP) is 0.941. The summed E-state index contributed by atoms with van der Waals surface area (Å²) in [7, 11) is 0. The first-order valence-electron chi connectivity index (χ1n) is 5.68. The van der Waals surface area contributed by atoms with Crippen LogP contribution in [0.3, 0.4) is 0 Å². The van der Waals surface area contributed by atoms with Crippen LogP contribution in [0.1, 0.15) is 28.8 Å². The van der Waals surface area contributed by atoms with Crippen LogP contribution in [0.4, 0.5) is 0 Å². The number of hydrazine groups is 1. The largest absolute Gasteiger partial charge is 0.385 e. The van der Waals surface area contributed by atoms with Gasteiger partial charge in [0.15, 0.2) is 0 Å². The number of rotatable bonds is 2. The maximum atomic E-state index is 11.5. The van der Waals surface area contributed by atoms with Gasteiger partial charge in [-0.25, -0.2) is 5.84 Å². The summed E-state index contributed by atoms with van der Waals surface area (Å²) in [5.41, 5.74) is 1.99. The molecule has 0 spiro atoms. The highest BCUT2D eigenvalue weighted by Gasteiger charge is 2.32. The Hall–Kier alpha value is -1.14. The Morgan fingerprint density at radius 1 is 1.44 bits per heavy atom. The standard InChI is InChI=1S/C12H15ClN2O3/c13-10-2-1-8(7-9(10)11(16)15-14)12(17)3-5-18-6-4-12/h1-2,7,17H,3-6,14H2,(H,15,16). The summed E-state index contributed by atoms with van der Waals surface area (Å²) in [6, 6.07) is 4.89. The Morgan fingerprint density at radius 3 is 2.72 bits per heavy atom. The number of hydrogen-bond donors (Lipinski definition) is 3. The lowest BCUT2D eigenvalue weighted by atomic mass is 9.85. The topological polar surface area (TPSA) is 84.6 Å². The maximum absolute atomic E-state index is 11.5. The van der Waals surface area contributed by atoms with Crippen molar-refractivity contribution in [2.45, 2.75) is 18.4 Å². The zero-order chi connectivity index (χ0) is 13.2. The molecule has 6 heteroatoms. The number of nitrogens with one attached hydrogen (secondary N) is 1. The van der Waals surface area contributed by atoms with Gasteiger partial charge in [-0.05, 0) is 17.7 Å². The molecule has 0 aromatic heterocycles. The number of halogens is 1. The molecule has 0 atom stereocenters. The van der Waals surface area contributed by atoms with E-state index in [-0.39, 0.29) is 5.56 Å². The quantitative estimate of drug-likeness (QED) is 0.424. The highest BCUT2D eigenvalue weighted by atomic mass is 35.5. The minimum Gasteiger partial charge on any atom is -0.385 e. The molecule has 1 aliphatic rings. The van der Waals surface area contributed by atoms with Gasteiger partial charge in [-0.3, -0.25) is 10.2 Å². The van der Waals surface area contributed by atoms with Crippen molar-refractivity contribution in [3.05, 3.63) is 34.3 Å². The first-order valence-corrected chi connectivity index (χ1v) is 6.06. The lowest BCUT2D eigenvalue weighted by molar-refractivity contribution is -0.0679. The summed E-state index contributed by atoms with van der Waals surface area (Å²) in [5.74, 6) is 4.62. The first-order chi connectivity index (χ1) is 8.57. The van der Waals surface area contributed by atoms with E-state index >= 15 is 0 Å². The molecule has 1 fully saturated rings. The third-order valence-electron chi connectivity index (χ3n) is 3.20. The Morgan fingerprint density at radius 2 is 2.11 bits per heavy atom. The van der Waals surface area contributed by atoms with Crippen LogP contribution in [0.2, 0.25) is 5.02 Å². The average molecular weight is 271 g/mol. The molecule has 1 aliphatic heterocycles. The average Bonchev–Trinajstić information content (AvgIpc) is 2.39. The van der Waals surface area contributed by atoms with Gasteiger partial charge in [0.05, 0.1) is 16.2 Å². The van der Waals surface area contributed by atoms with Crippen molar-refractivity contribution in [1.29, 1.82) is 0 Å². The van der Waals surface area contributed by atoms with Crippen molar-refractivity contribution in [2.24, 2.45) is 5.84 Å². The Labute approximate surface area is 110 Å². The number of nitrogen functional groups attached to an aromatic ring is 1. The molecule has 98 valence electrons. The molecular weight excluding hydrogens is 256 g/mol. The molecule has 1 saturated heterocycles. The number of hydrogen-bond acceptors (Lipinski definition) is 4. The van der Waals surface area contributed by atoms with E-state index < -0.39 is 11.5 Å². The van der Waals surface area contributed by atoms with Gasteiger partial charge < -0.3 is 9.84 Å². The first kappa shape index (κ1) is 13.3. The molecule has 0 radical (unpaired) electrons. The van der Waals surface area contributed by atoms with Crippen LogP contribution >= 0.6 is 11.6 Å². The van der Waals surface area contributed by atoms with Crippen molar-refractivity contribution in [2.75, 3.05) is 13.2 Å². The van der Waals surface area contributed by atoms with Crippen LogP contribution in [-0.4, -0.2) is 24.2 Å². The molecule has 0 unspecified atom stereocenters. The minimum atomic E-state index is -0.966. The Kier molecular flexibility index (Phi) is 3.87. The second kappa shape index (κ2) is 5.24. The normalized spacial score (nSPS) is 18.4. The van der Waals surface area contributed by atoms with Crippen molar-refractivity contribution < 1.29 is 14.6 Å². The third kappa shape index (κ3) is 2.49. The van der Waals surface area contributed by atoms with Gasteiger partial charge in [0.1, 0.15) is 0 Å². The SMILES string of the molecule is NNC(=O)c1cc(C2(O)CCOCC2)ccc1Cl. The predicted molar refractivity (Wildman–Crippen MR) is 67.1 cm³/mol. The number of amides is 1. The van der Waals surface area contributed by atoms with Crippen molar-refractivity contribution >= 4 is 17.5 Å². The van der Waals surface area contributed by atoms with E-state index in [4.69, 9.17) is 22.2 Å². The van der Waals surface area contributed by atoms with E-state index in [0.717, 1.165) is 0 Å². The number of nitrogens with two attached hydrogens (primary N) is 1. The van der Waals surface area contributed by atoms with Gasteiger partial charge in [-0.15, -0.1) is 0 Å². The molecule has 0 saturated carbocycles. The van der Waals surface area contributed by atoms with Crippen LogP contribution in [0.5, 0.6) is 0 Å². The fourth-order valence-corrected chi connectivity index (χ4v) is 2.27. The minimum absolute atomic E-state index is 0.261. The van der Waals surface area contributed by atoms with Crippen LogP contribution in [0, 0.1) is 0 Å². The van der Waals surface area contributed by atoms with E-state index in [1.54, 1.807) is 18.2 Å². The lowest BCUT2D eigenvalue weighted by Gasteiger charge is -2.32. The molecular formula is C12H15ClN2O3. The molecule has 4 N–H and O–H groups in total. The molecule has 0 aliphatic carbocycles. The van der Waals surface area contributed by atoms with E-state index in [2.05, 4.69) is 0 Å². The monoisotopic (exact) mass is 270 g/mol. The smallest absolute Gasteiger partial charge is 0.266 e. The molecule has 1 aromatic carbocycles. The summed E-state index contributed by atoms with van der Waals surface area (Å²) >= 11 is 5.93. The number of carbonyl (C=O) groups excluding carboxylic acids is 1. The van der Waals surface area contributed by atoms with E-state index in [1.165, 1.54) is 0 Å². The van der Waals surface area contributed by atoms with E-state index in [0.29, 0.717) is 36.6 Å². The number of ether oxygens (including phenoxy) is 1. The number of aliphatic hydroxyl groups is 1. The summed E-state index contributed by atoms with van der Waals surface area (Å²) in [6.07, 6.45) is 0.997. The second-order valence-electron chi connectivity index (χ2n) is 4.31. The van der Waals surface area contributed by atoms with E-state index in [1.807, 2.05) is 5.43 Å². The van der Waals surface area contributed by atoms with Crippen LogP contribution in [-0.2, 0) is 10.3 Å².